The van der Waals surface area contributed by atoms with Gasteiger partial charge in [-0.05, 0) is 54.6 Å². The molecule has 11 heteroatoms. The van der Waals surface area contributed by atoms with Gasteiger partial charge in [0, 0.05) is 29.4 Å². The average molecular weight is 499 g/mol. The SMILES string of the molecule is O=C(CCn1c(=O)[nH]c(=O)c2ccccc21)Nc1ccc(NS(=O)(=O)c2cccc(Cl)c2)cc1. The number of hydrogen-bond acceptors (Lipinski definition) is 5. The Morgan fingerprint density at radius 1 is 0.941 bits per heavy atom. The maximum absolute atomic E-state index is 12.5. The van der Waals surface area contributed by atoms with Gasteiger partial charge in [-0.1, -0.05) is 29.8 Å². The number of aromatic nitrogens is 2. The molecule has 0 aliphatic carbocycles. The Morgan fingerprint density at radius 2 is 1.65 bits per heavy atom. The second-order valence-electron chi connectivity index (χ2n) is 7.37. The summed E-state index contributed by atoms with van der Waals surface area (Å²) < 4.78 is 28.8. The van der Waals surface area contributed by atoms with Crippen LogP contribution in [0.3, 0.4) is 0 Å². The van der Waals surface area contributed by atoms with E-state index in [1.807, 2.05) is 0 Å². The quantitative estimate of drug-likeness (QED) is 0.360. The number of nitrogens with one attached hydrogen (secondary N) is 3. The molecule has 0 radical (unpaired) electrons. The minimum Gasteiger partial charge on any atom is -0.326 e. The molecular weight excluding hydrogens is 480 g/mol. The van der Waals surface area contributed by atoms with Crippen LogP contribution in [0.25, 0.3) is 10.9 Å². The number of nitrogens with zero attached hydrogens (tertiary/aromatic N) is 1. The Morgan fingerprint density at radius 3 is 2.38 bits per heavy atom. The third-order valence-corrected chi connectivity index (χ3v) is 6.61. The molecule has 0 bridgehead atoms. The first kappa shape index (κ1) is 23.3. The lowest BCUT2D eigenvalue weighted by Gasteiger charge is -2.11. The first-order chi connectivity index (χ1) is 16.2. The van der Waals surface area contributed by atoms with Crippen LogP contribution >= 0.6 is 11.6 Å². The molecule has 4 rings (SSSR count). The molecule has 0 atom stereocenters. The Labute approximate surface area is 199 Å². The molecule has 34 heavy (non-hydrogen) atoms. The number of para-hydroxylation sites is 1. The Hall–Kier alpha value is -3.89. The Bertz CT molecular complexity index is 1590. The van der Waals surface area contributed by atoms with Crippen LogP contribution in [-0.2, 0) is 21.4 Å². The van der Waals surface area contributed by atoms with Crippen LogP contribution in [0, 0.1) is 0 Å². The lowest BCUT2D eigenvalue weighted by atomic mass is 10.2. The molecule has 3 aromatic carbocycles. The van der Waals surface area contributed by atoms with Gasteiger partial charge < -0.3 is 5.32 Å². The maximum atomic E-state index is 12.5. The van der Waals surface area contributed by atoms with Gasteiger partial charge in [0.1, 0.15) is 0 Å². The fourth-order valence-electron chi connectivity index (χ4n) is 3.37. The second-order valence-corrected chi connectivity index (χ2v) is 9.49. The molecule has 0 aliphatic rings. The molecule has 3 N–H and O–H groups in total. The van der Waals surface area contributed by atoms with E-state index < -0.39 is 21.3 Å². The fourth-order valence-corrected chi connectivity index (χ4v) is 4.73. The normalized spacial score (nSPS) is 11.3. The summed E-state index contributed by atoms with van der Waals surface area (Å²) in [6.45, 7) is 0.0689. The van der Waals surface area contributed by atoms with Crippen molar-refractivity contribution >= 4 is 49.8 Å². The summed E-state index contributed by atoms with van der Waals surface area (Å²) in [5, 5.41) is 3.36. The highest BCUT2D eigenvalue weighted by Crippen LogP contribution is 2.21. The van der Waals surface area contributed by atoms with Gasteiger partial charge in [-0.15, -0.1) is 0 Å². The molecule has 1 heterocycles. The number of carbonyl (C=O) groups is 1. The van der Waals surface area contributed by atoms with E-state index >= 15 is 0 Å². The summed E-state index contributed by atoms with van der Waals surface area (Å²) in [6, 6.07) is 18.7. The zero-order valence-corrected chi connectivity index (χ0v) is 19.2. The van der Waals surface area contributed by atoms with E-state index in [2.05, 4.69) is 15.0 Å². The van der Waals surface area contributed by atoms with Crippen LogP contribution in [0.15, 0.2) is 87.3 Å². The van der Waals surface area contributed by atoms with Crippen molar-refractivity contribution in [2.45, 2.75) is 17.9 Å². The lowest BCUT2D eigenvalue weighted by molar-refractivity contribution is -0.116. The predicted octanol–water partition coefficient (Wildman–Crippen LogP) is 3.17. The van der Waals surface area contributed by atoms with E-state index in [1.54, 1.807) is 48.5 Å². The van der Waals surface area contributed by atoms with Crippen molar-refractivity contribution in [3.05, 3.63) is 98.7 Å². The smallest absolute Gasteiger partial charge is 0.326 e. The summed E-state index contributed by atoms with van der Waals surface area (Å²) in [6.07, 6.45) is -0.0148. The Balaban J connectivity index is 1.41. The van der Waals surface area contributed by atoms with Crippen LogP contribution in [0.5, 0.6) is 0 Å². The van der Waals surface area contributed by atoms with Gasteiger partial charge in [0.2, 0.25) is 5.91 Å². The average Bonchev–Trinajstić information content (AvgIpc) is 2.80. The topological polar surface area (TPSA) is 130 Å². The largest absolute Gasteiger partial charge is 0.328 e. The second kappa shape index (κ2) is 9.54. The van der Waals surface area contributed by atoms with Crippen LogP contribution in [-0.4, -0.2) is 23.9 Å². The van der Waals surface area contributed by atoms with Crippen molar-refractivity contribution in [2.24, 2.45) is 0 Å². The molecule has 0 unspecified atom stereocenters. The van der Waals surface area contributed by atoms with Gasteiger partial charge in [-0.3, -0.25) is 23.9 Å². The predicted molar refractivity (Wildman–Crippen MR) is 131 cm³/mol. The minimum absolute atomic E-state index is 0.0148. The number of rotatable bonds is 7. The third-order valence-electron chi connectivity index (χ3n) is 4.99. The van der Waals surface area contributed by atoms with Crippen molar-refractivity contribution in [1.29, 1.82) is 0 Å². The molecule has 0 spiro atoms. The van der Waals surface area contributed by atoms with Crippen LogP contribution in [0.4, 0.5) is 11.4 Å². The van der Waals surface area contributed by atoms with Crippen LogP contribution in [0.1, 0.15) is 6.42 Å². The summed E-state index contributed by atoms with van der Waals surface area (Å²) in [7, 11) is -3.82. The van der Waals surface area contributed by atoms with Gasteiger partial charge in [-0.2, -0.15) is 0 Å². The number of benzene rings is 3. The van der Waals surface area contributed by atoms with E-state index in [4.69, 9.17) is 11.6 Å². The molecule has 0 fully saturated rings. The number of amides is 1. The highest BCUT2D eigenvalue weighted by molar-refractivity contribution is 7.92. The molecule has 1 aromatic heterocycles. The monoisotopic (exact) mass is 498 g/mol. The lowest BCUT2D eigenvalue weighted by Crippen LogP contribution is -2.31. The number of fused-ring (bicyclic) bond motifs is 1. The van der Waals surface area contributed by atoms with Crippen molar-refractivity contribution in [1.82, 2.24) is 9.55 Å². The molecule has 4 aromatic rings. The van der Waals surface area contributed by atoms with Gasteiger partial charge in [0.15, 0.2) is 0 Å². The Kier molecular flexibility index (Phi) is 6.53. The number of aromatic amines is 1. The molecule has 0 saturated carbocycles. The van der Waals surface area contributed by atoms with Crippen molar-refractivity contribution in [3.8, 4) is 0 Å². The summed E-state index contributed by atoms with van der Waals surface area (Å²) in [4.78, 5) is 38.8. The zero-order chi connectivity index (χ0) is 24.3. The van der Waals surface area contributed by atoms with Gasteiger partial charge in [-0.25, -0.2) is 13.2 Å². The number of H-pyrrole nitrogens is 1. The number of halogens is 1. The number of hydrogen-bond donors (Lipinski definition) is 3. The van der Waals surface area contributed by atoms with E-state index in [9.17, 15) is 22.8 Å². The fraction of sp³-hybridized carbons (Fsp3) is 0.0870. The first-order valence-electron chi connectivity index (χ1n) is 10.1. The molecular formula is C23H19ClN4O5S. The summed E-state index contributed by atoms with van der Waals surface area (Å²) in [5.74, 6) is -0.352. The third kappa shape index (κ3) is 5.19. The van der Waals surface area contributed by atoms with E-state index in [0.29, 0.717) is 27.3 Å². The maximum Gasteiger partial charge on any atom is 0.328 e. The van der Waals surface area contributed by atoms with Gasteiger partial charge in [0.25, 0.3) is 15.6 Å². The van der Waals surface area contributed by atoms with Crippen molar-refractivity contribution in [3.63, 3.8) is 0 Å². The first-order valence-corrected chi connectivity index (χ1v) is 12.0. The highest BCUT2D eigenvalue weighted by atomic mass is 35.5. The van der Waals surface area contributed by atoms with E-state index in [1.165, 1.54) is 28.8 Å². The minimum atomic E-state index is -3.82. The molecule has 174 valence electrons. The molecule has 0 saturated heterocycles. The highest BCUT2D eigenvalue weighted by Gasteiger charge is 2.15. The van der Waals surface area contributed by atoms with Crippen molar-refractivity contribution in [2.75, 3.05) is 10.0 Å². The van der Waals surface area contributed by atoms with Gasteiger partial charge in [0.05, 0.1) is 15.8 Å². The molecule has 0 aliphatic heterocycles. The van der Waals surface area contributed by atoms with E-state index in [-0.39, 0.29) is 23.8 Å². The molecule has 9 nitrogen and oxygen atoms in total. The van der Waals surface area contributed by atoms with Crippen molar-refractivity contribution < 1.29 is 13.2 Å². The standard InChI is InChI=1S/C23H19ClN4O5S/c24-15-4-3-5-18(14-15)34(32,33)27-17-10-8-16(9-11-17)25-21(29)12-13-28-20-7-2-1-6-19(20)22(30)26-23(28)31/h1-11,14,27H,12-13H2,(H,25,29)(H,26,30,31). The number of aryl methyl sites for hydroxylation is 1. The number of carbonyl (C=O) groups excluding carboxylic acids is 1. The number of anilines is 2. The number of sulfonamides is 1. The van der Waals surface area contributed by atoms with E-state index in [0.717, 1.165) is 0 Å². The summed E-state index contributed by atoms with van der Waals surface area (Å²) in [5.41, 5.74) is 0.138. The van der Waals surface area contributed by atoms with Crippen LogP contribution in [0.2, 0.25) is 5.02 Å². The van der Waals surface area contributed by atoms with Crippen LogP contribution < -0.4 is 21.3 Å². The van der Waals surface area contributed by atoms with Gasteiger partial charge >= 0.3 is 5.69 Å². The molecule has 1 amide bonds. The summed E-state index contributed by atoms with van der Waals surface area (Å²) >= 11 is 5.87. The zero-order valence-electron chi connectivity index (χ0n) is 17.6.